The smallest absolute Gasteiger partial charge is 0.303 e. The Hall–Kier alpha value is -1.83. The lowest BCUT2D eigenvalue weighted by Gasteiger charge is -2.04. The molecule has 46 heavy (non-hydrogen) atoms. The molecule has 0 aromatic heterocycles. The van der Waals surface area contributed by atoms with Gasteiger partial charge in [0.15, 0.2) is 0 Å². The van der Waals surface area contributed by atoms with E-state index in [0.717, 1.165) is 44.9 Å². The Bertz CT molecular complexity index is 741. The van der Waals surface area contributed by atoms with Crippen LogP contribution in [0.5, 0.6) is 0 Å². The largest absolute Gasteiger partial charge is 0.481 e. The Balaban J connectivity index is 3.19. The number of unbranched alkanes of at least 4 members (excludes halogenated alkanes) is 25. The molecule has 0 saturated heterocycles. The lowest BCUT2D eigenvalue weighted by Crippen LogP contribution is -1.93. The van der Waals surface area contributed by atoms with Crippen LogP contribution in [0.1, 0.15) is 212 Å². The number of carboxylic acid groups (broad SMARTS) is 1. The highest BCUT2D eigenvalue weighted by molar-refractivity contribution is 5.66. The third-order valence-corrected chi connectivity index (χ3v) is 8.92. The first-order chi connectivity index (χ1) is 22.8. The van der Waals surface area contributed by atoms with Crippen molar-refractivity contribution < 1.29 is 9.90 Å². The summed E-state index contributed by atoms with van der Waals surface area (Å²) in [4.78, 5) is 10.5. The maximum atomic E-state index is 10.5. The van der Waals surface area contributed by atoms with Crippen molar-refractivity contribution in [2.24, 2.45) is 0 Å². The Kier molecular flexibility index (Phi) is 39.6. The summed E-state index contributed by atoms with van der Waals surface area (Å²) < 4.78 is 0. The van der Waals surface area contributed by atoms with Crippen LogP contribution >= 0.6 is 0 Å². The zero-order valence-corrected chi connectivity index (χ0v) is 30.8. The fraction of sp³-hybridized carbons (Fsp3) is 0.750. The fourth-order valence-electron chi connectivity index (χ4n) is 5.97. The number of carboxylic acids is 1. The van der Waals surface area contributed by atoms with E-state index < -0.39 is 5.97 Å². The highest BCUT2D eigenvalue weighted by Crippen LogP contribution is 2.16. The van der Waals surface area contributed by atoms with Crippen molar-refractivity contribution in [2.75, 3.05) is 0 Å². The molecule has 0 rings (SSSR count). The number of hydrogen-bond donors (Lipinski definition) is 1. The van der Waals surface area contributed by atoms with Crippen LogP contribution in [0.25, 0.3) is 0 Å². The van der Waals surface area contributed by atoms with E-state index in [9.17, 15) is 4.79 Å². The molecule has 0 aliphatic heterocycles. The lowest BCUT2D eigenvalue weighted by molar-refractivity contribution is -0.137. The molecule has 0 bridgehead atoms. The summed E-state index contributed by atoms with van der Waals surface area (Å²) in [6.07, 6.45) is 64.0. The van der Waals surface area contributed by atoms with E-state index in [4.69, 9.17) is 5.11 Å². The van der Waals surface area contributed by atoms with Gasteiger partial charge in [-0.2, -0.15) is 0 Å². The molecule has 0 amide bonds. The molecule has 0 saturated carbocycles. The minimum Gasteiger partial charge on any atom is -0.481 e. The van der Waals surface area contributed by atoms with Gasteiger partial charge >= 0.3 is 5.97 Å². The number of rotatable bonds is 37. The van der Waals surface area contributed by atoms with Gasteiger partial charge in [0.1, 0.15) is 0 Å². The predicted molar refractivity (Wildman–Crippen MR) is 207 cm³/mol. The van der Waals surface area contributed by atoms with Gasteiger partial charge in [-0.1, -0.05) is 215 Å². The molecule has 0 radical (unpaired) electrons. The monoisotopic (exact) mass is 639 g/mol. The van der Waals surface area contributed by atoms with Crippen LogP contribution < -0.4 is 0 Å². The Morgan fingerprint density at radius 2 is 0.587 bits per heavy atom. The first-order valence-electron chi connectivity index (χ1n) is 20.2. The maximum absolute atomic E-state index is 10.5. The van der Waals surface area contributed by atoms with Crippen LogP contribution in [0.15, 0.2) is 60.8 Å². The van der Waals surface area contributed by atoms with Crippen molar-refractivity contribution in [1.29, 1.82) is 0 Å². The summed E-state index contributed by atoms with van der Waals surface area (Å²) in [5, 5.41) is 8.65. The first-order valence-corrected chi connectivity index (χ1v) is 20.2. The molecule has 0 aliphatic carbocycles. The molecule has 1 N–H and O–H groups in total. The van der Waals surface area contributed by atoms with Crippen LogP contribution in [0.3, 0.4) is 0 Å². The SMILES string of the molecule is CC/C=C\C/C=C\C/C=C\C/C=C\C/C=C\CCCCCCCCCCCCCCCCCCCCCCCCCCCC(=O)O. The number of carbonyl (C=O) groups is 1. The van der Waals surface area contributed by atoms with Gasteiger partial charge in [0.05, 0.1) is 0 Å². The second-order valence-corrected chi connectivity index (χ2v) is 13.5. The number of hydrogen-bond acceptors (Lipinski definition) is 1. The van der Waals surface area contributed by atoms with Crippen LogP contribution in [-0.4, -0.2) is 11.1 Å². The molecule has 2 heteroatoms. The molecule has 0 aromatic carbocycles. The predicted octanol–water partition coefficient (Wildman–Crippen LogP) is 15.4. The van der Waals surface area contributed by atoms with Crippen molar-refractivity contribution in [3.8, 4) is 0 Å². The van der Waals surface area contributed by atoms with Gasteiger partial charge in [-0.05, 0) is 51.4 Å². The van der Waals surface area contributed by atoms with E-state index in [2.05, 4.69) is 67.7 Å². The maximum Gasteiger partial charge on any atom is 0.303 e. The van der Waals surface area contributed by atoms with E-state index in [1.165, 1.54) is 154 Å². The van der Waals surface area contributed by atoms with E-state index in [1.54, 1.807) is 0 Å². The van der Waals surface area contributed by atoms with Gasteiger partial charge in [0.2, 0.25) is 0 Å². The Labute approximate surface area is 288 Å². The third kappa shape index (κ3) is 42.2. The van der Waals surface area contributed by atoms with Gasteiger partial charge in [-0.25, -0.2) is 0 Å². The van der Waals surface area contributed by atoms with E-state index >= 15 is 0 Å². The highest BCUT2D eigenvalue weighted by Gasteiger charge is 1.98. The number of allylic oxidation sites excluding steroid dienone is 10. The normalized spacial score (nSPS) is 12.4. The van der Waals surface area contributed by atoms with Gasteiger partial charge in [-0.15, -0.1) is 0 Å². The van der Waals surface area contributed by atoms with Crippen molar-refractivity contribution in [2.45, 2.75) is 212 Å². The van der Waals surface area contributed by atoms with Gasteiger partial charge in [-0.3, -0.25) is 4.79 Å². The summed E-state index contributed by atoms with van der Waals surface area (Å²) in [7, 11) is 0. The van der Waals surface area contributed by atoms with E-state index in [1.807, 2.05) is 0 Å². The third-order valence-electron chi connectivity index (χ3n) is 8.92. The quantitative estimate of drug-likeness (QED) is 0.0543. The minimum atomic E-state index is -0.651. The van der Waals surface area contributed by atoms with Gasteiger partial charge < -0.3 is 5.11 Å². The molecule has 0 atom stereocenters. The first kappa shape index (κ1) is 44.2. The topological polar surface area (TPSA) is 37.3 Å². The Morgan fingerprint density at radius 1 is 0.348 bits per heavy atom. The zero-order chi connectivity index (χ0) is 33.3. The molecular formula is C44H78O2. The second-order valence-electron chi connectivity index (χ2n) is 13.5. The van der Waals surface area contributed by atoms with Crippen molar-refractivity contribution in [3.05, 3.63) is 60.8 Å². The molecule has 0 heterocycles. The van der Waals surface area contributed by atoms with E-state index in [0.29, 0.717) is 6.42 Å². The highest BCUT2D eigenvalue weighted by atomic mass is 16.4. The summed E-state index contributed by atoms with van der Waals surface area (Å²) >= 11 is 0. The van der Waals surface area contributed by atoms with Crippen LogP contribution in [0.4, 0.5) is 0 Å². The summed E-state index contributed by atoms with van der Waals surface area (Å²) in [5.41, 5.74) is 0. The summed E-state index contributed by atoms with van der Waals surface area (Å²) in [6, 6.07) is 0. The number of aliphatic carboxylic acids is 1. The molecular weight excluding hydrogens is 560 g/mol. The molecule has 0 aliphatic rings. The van der Waals surface area contributed by atoms with Crippen molar-refractivity contribution in [1.82, 2.24) is 0 Å². The van der Waals surface area contributed by atoms with Gasteiger partial charge in [0.25, 0.3) is 0 Å². The second kappa shape index (κ2) is 41.2. The van der Waals surface area contributed by atoms with Gasteiger partial charge in [0, 0.05) is 6.42 Å². The van der Waals surface area contributed by atoms with Crippen LogP contribution in [0, 0.1) is 0 Å². The zero-order valence-electron chi connectivity index (χ0n) is 30.8. The average molecular weight is 639 g/mol. The van der Waals surface area contributed by atoms with Crippen LogP contribution in [-0.2, 0) is 4.79 Å². The molecule has 0 unspecified atom stereocenters. The van der Waals surface area contributed by atoms with Crippen molar-refractivity contribution >= 4 is 5.97 Å². The molecule has 266 valence electrons. The van der Waals surface area contributed by atoms with Crippen molar-refractivity contribution in [3.63, 3.8) is 0 Å². The molecule has 2 nitrogen and oxygen atoms in total. The summed E-state index contributed by atoms with van der Waals surface area (Å²) in [5.74, 6) is -0.651. The fourth-order valence-corrected chi connectivity index (χ4v) is 5.97. The molecule has 0 fully saturated rings. The van der Waals surface area contributed by atoms with E-state index in [-0.39, 0.29) is 0 Å². The summed E-state index contributed by atoms with van der Waals surface area (Å²) in [6.45, 7) is 2.17. The minimum absolute atomic E-state index is 0.343. The molecule has 0 aromatic rings. The Morgan fingerprint density at radius 3 is 0.870 bits per heavy atom. The lowest BCUT2D eigenvalue weighted by atomic mass is 10.0. The standard InChI is InChI=1S/C44H78O2/c1-2-3-4-5-6-7-8-9-10-11-12-13-14-15-16-17-18-19-20-21-22-23-24-25-26-27-28-29-30-31-32-33-34-35-36-37-38-39-40-41-42-43-44(45)46/h3-4,6-7,9-10,12-13,15-16H,2,5,8,11,14,17-43H2,1H3,(H,45,46)/b4-3-,7-6-,10-9-,13-12-,16-15-. The average Bonchev–Trinajstić information content (AvgIpc) is 3.05. The van der Waals surface area contributed by atoms with Crippen LogP contribution in [0.2, 0.25) is 0 Å². The molecule has 0 spiro atoms.